The second kappa shape index (κ2) is 13.6. The molecule has 0 aliphatic heterocycles. The van der Waals surface area contributed by atoms with E-state index in [1.165, 1.54) is 0 Å². The third-order valence-electron chi connectivity index (χ3n) is 4.41. The van der Waals surface area contributed by atoms with E-state index < -0.39 is 42.3 Å². The third-order valence-corrected chi connectivity index (χ3v) is 4.41. The first-order chi connectivity index (χ1) is 15.1. The van der Waals surface area contributed by atoms with Crippen molar-refractivity contribution in [3.8, 4) is 0 Å². The molecule has 0 saturated heterocycles. The Hall–Kier alpha value is -3.63. The van der Waals surface area contributed by atoms with Crippen LogP contribution in [-0.4, -0.2) is 59.9 Å². The van der Waals surface area contributed by atoms with Crippen LogP contribution >= 0.6 is 0 Å². The first-order valence-corrected chi connectivity index (χ1v) is 10.3. The summed E-state index contributed by atoms with van der Waals surface area (Å²) >= 11 is 0. The molecule has 1 rings (SSSR count). The monoisotopic (exact) mass is 448 g/mol. The summed E-state index contributed by atoms with van der Waals surface area (Å²) in [6.45, 7) is 3.67. The van der Waals surface area contributed by atoms with E-state index in [0.717, 1.165) is 0 Å². The van der Waals surface area contributed by atoms with Crippen molar-refractivity contribution < 1.29 is 24.3 Å². The van der Waals surface area contributed by atoms with Gasteiger partial charge in [0.2, 0.25) is 11.8 Å². The van der Waals surface area contributed by atoms with Crippen LogP contribution in [0.1, 0.15) is 43.5 Å². The number of carboxylic acids is 1. The molecule has 0 unspecified atom stereocenters. The number of carbonyl (C=O) groups excluding carboxylic acids is 3. The van der Waals surface area contributed by atoms with Crippen LogP contribution in [0.5, 0.6) is 0 Å². The van der Waals surface area contributed by atoms with Crippen LogP contribution in [0.2, 0.25) is 0 Å². The average Bonchev–Trinajstić information content (AvgIpc) is 2.73. The van der Waals surface area contributed by atoms with E-state index in [4.69, 9.17) is 11.1 Å². The Morgan fingerprint density at radius 3 is 2.25 bits per heavy atom. The Morgan fingerprint density at radius 2 is 1.69 bits per heavy atom. The molecule has 0 radical (unpaired) electrons. The summed E-state index contributed by atoms with van der Waals surface area (Å²) < 4.78 is 0. The molecule has 11 heteroatoms. The zero-order valence-electron chi connectivity index (χ0n) is 18.3. The van der Waals surface area contributed by atoms with Crippen molar-refractivity contribution in [2.45, 2.75) is 45.2 Å². The van der Waals surface area contributed by atoms with Gasteiger partial charge in [0.15, 0.2) is 5.96 Å². The molecule has 32 heavy (non-hydrogen) atoms. The molecule has 0 heterocycles. The van der Waals surface area contributed by atoms with Gasteiger partial charge in [0.25, 0.3) is 5.91 Å². The Kier molecular flexibility index (Phi) is 11.2. The van der Waals surface area contributed by atoms with E-state index in [9.17, 15) is 24.3 Å². The molecule has 8 N–H and O–H groups in total. The molecule has 0 spiro atoms. The van der Waals surface area contributed by atoms with Gasteiger partial charge in [-0.1, -0.05) is 32.0 Å². The molecule has 0 bridgehead atoms. The summed E-state index contributed by atoms with van der Waals surface area (Å²) in [5.74, 6) is -2.92. The predicted octanol–water partition coefficient (Wildman–Crippen LogP) is -0.220. The summed E-state index contributed by atoms with van der Waals surface area (Å²) in [5.41, 5.74) is 5.57. The minimum Gasteiger partial charge on any atom is -0.480 e. The minimum absolute atomic E-state index is 0.107. The molecule has 2 atom stereocenters. The number of guanidine groups is 1. The first-order valence-electron chi connectivity index (χ1n) is 10.3. The Labute approximate surface area is 187 Å². The molecule has 0 aliphatic rings. The fourth-order valence-electron chi connectivity index (χ4n) is 2.86. The summed E-state index contributed by atoms with van der Waals surface area (Å²) in [4.78, 5) is 48.5. The van der Waals surface area contributed by atoms with E-state index in [-0.39, 0.29) is 18.3 Å². The summed E-state index contributed by atoms with van der Waals surface area (Å²) in [5, 5.41) is 26.4. The molecule has 176 valence electrons. The number of rotatable bonds is 13. The minimum atomic E-state index is -1.21. The van der Waals surface area contributed by atoms with Gasteiger partial charge in [-0.3, -0.25) is 19.8 Å². The van der Waals surface area contributed by atoms with Crippen molar-refractivity contribution >= 4 is 29.7 Å². The van der Waals surface area contributed by atoms with Crippen molar-refractivity contribution in [1.82, 2.24) is 21.3 Å². The number of hydrogen-bond acceptors (Lipinski definition) is 5. The first kappa shape index (κ1) is 26.4. The maximum Gasteiger partial charge on any atom is 0.326 e. The SMILES string of the molecule is CC(C)C[C@H](NC(=O)c1ccccc1)C(=O)NCC(=O)N[C@@H](CCCNC(=N)N)C(=O)O. The van der Waals surface area contributed by atoms with Crippen LogP contribution in [-0.2, 0) is 14.4 Å². The molecule has 1 aromatic carbocycles. The van der Waals surface area contributed by atoms with Gasteiger partial charge in [-0.15, -0.1) is 0 Å². The van der Waals surface area contributed by atoms with Crippen molar-refractivity contribution in [2.75, 3.05) is 13.1 Å². The Morgan fingerprint density at radius 1 is 1.03 bits per heavy atom. The third kappa shape index (κ3) is 10.4. The number of aliphatic carboxylic acids is 1. The zero-order valence-corrected chi connectivity index (χ0v) is 18.3. The van der Waals surface area contributed by atoms with Gasteiger partial charge in [0.1, 0.15) is 12.1 Å². The van der Waals surface area contributed by atoms with Crippen LogP contribution in [0.3, 0.4) is 0 Å². The maximum absolute atomic E-state index is 12.6. The molecule has 0 aromatic heterocycles. The van der Waals surface area contributed by atoms with E-state index in [1.54, 1.807) is 30.3 Å². The van der Waals surface area contributed by atoms with Crippen molar-refractivity contribution in [3.63, 3.8) is 0 Å². The van der Waals surface area contributed by atoms with Gasteiger partial charge >= 0.3 is 5.97 Å². The lowest BCUT2D eigenvalue weighted by atomic mass is 10.0. The van der Waals surface area contributed by atoms with Gasteiger partial charge in [-0.2, -0.15) is 0 Å². The molecule has 11 nitrogen and oxygen atoms in total. The summed E-state index contributed by atoms with van der Waals surface area (Å²) in [6.07, 6.45) is 0.858. The summed E-state index contributed by atoms with van der Waals surface area (Å²) in [6, 6.07) is 6.48. The van der Waals surface area contributed by atoms with Crippen LogP contribution in [0.4, 0.5) is 0 Å². The smallest absolute Gasteiger partial charge is 0.326 e. The highest BCUT2D eigenvalue weighted by Gasteiger charge is 2.24. The highest BCUT2D eigenvalue weighted by Crippen LogP contribution is 2.07. The molecule has 0 saturated carbocycles. The molecule has 3 amide bonds. The lowest BCUT2D eigenvalue weighted by Crippen LogP contribution is -2.51. The normalized spacial score (nSPS) is 12.3. The second-order valence-corrected chi connectivity index (χ2v) is 7.68. The highest BCUT2D eigenvalue weighted by atomic mass is 16.4. The zero-order chi connectivity index (χ0) is 24.1. The molecular weight excluding hydrogens is 416 g/mol. The lowest BCUT2D eigenvalue weighted by molar-refractivity contribution is -0.142. The van der Waals surface area contributed by atoms with Crippen LogP contribution in [0.25, 0.3) is 0 Å². The molecule has 1 aromatic rings. The number of nitrogens with two attached hydrogens (primary N) is 1. The van der Waals surface area contributed by atoms with E-state index >= 15 is 0 Å². The number of nitrogens with one attached hydrogen (secondary N) is 5. The fraction of sp³-hybridized carbons (Fsp3) is 0.476. The van der Waals surface area contributed by atoms with Crippen LogP contribution < -0.4 is 27.0 Å². The van der Waals surface area contributed by atoms with Gasteiger partial charge in [0, 0.05) is 12.1 Å². The Bertz CT molecular complexity index is 799. The van der Waals surface area contributed by atoms with Gasteiger partial charge in [0.05, 0.1) is 6.54 Å². The van der Waals surface area contributed by atoms with Crippen molar-refractivity contribution in [2.24, 2.45) is 11.7 Å². The molecule has 0 aliphatic carbocycles. The second-order valence-electron chi connectivity index (χ2n) is 7.68. The molecule has 0 fully saturated rings. The standard InChI is InChI=1S/C21H32N6O5/c1-13(2)11-16(27-18(29)14-7-4-3-5-8-14)19(30)25-12-17(28)26-15(20(31)32)9-6-10-24-21(22)23/h3-5,7-8,13,15-16H,6,9-12H2,1-2H3,(H,25,30)(H,26,28)(H,27,29)(H,31,32)(H4,22,23,24)/t15-,16-/m0/s1. The fourth-order valence-corrected chi connectivity index (χ4v) is 2.86. The highest BCUT2D eigenvalue weighted by molar-refractivity contribution is 5.98. The number of carbonyl (C=O) groups is 4. The van der Waals surface area contributed by atoms with E-state index in [1.807, 2.05) is 13.8 Å². The van der Waals surface area contributed by atoms with Crippen molar-refractivity contribution in [3.05, 3.63) is 35.9 Å². The average molecular weight is 449 g/mol. The van der Waals surface area contributed by atoms with Gasteiger partial charge < -0.3 is 32.1 Å². The maximum atomic E-state index is 12.6. The lowest BCUT2D eigenvalue weighted by Gasteiger charge is -2.20. The quantitative estimate of drug-likeness (QED) is 0.123. The van der Waals surface area contributed by atoms with Crippen molar-refractivity contribution in [1.29, 1.82) is 5.41 Å². The number of benzene rings is 1. The Balaban J connectivity index is 2.59. The predicted molar refractivity (Wildman–Crippen MR) is 119 cm³/mol. The van der Waals surface area contributed by atoms with Crippen LogP contribution in [0.15, 0.2) is 30.3 Å². The summed E-state index contributed by atoms with van der Waals surface area (Å²) in [7, 11) is 0. The topological polar surface area (TPSA) is 186 Å². The number of carboxylic acid groups (broad SMARTS) is 1. The molecular formula is C21H32N6O5. The van der Waals surface area contributed by atoms with Gasteiger partial charge in [-0.25, -0.2) is 4.79 Å². The van der Waals surface area contributed by atoms with Crippen LogP contribution in [0, 0.1) is 11.3 Å². The van der Waals surface area contributed by atoms with Gasteiger partial charge in [-0.05, 0) is 37.3 Å². The number of hydrogen-bond donors (Lipinski definition) is 7. The number of amides is 3. The largest absolute Gasteiger partial charge is 0.480 e. The van der Waals surface area contributed by atoms with E-state index in [2.05, 4.69) is 21.3 Å². The van der Waals surface area contributed by atoms with E-state index in [0.29, 0.717) is 24.9 Å².